The Morgan fingerprint density at radius 3 is 2.61 bits per heavy atom. The van der Waals surface area contributed by atoms with Crippen LogP contribution in [-0.4, -0.2) is 26.7 Å². The van der Waals surface area contributed by atoms with E-state index in [4.69, 9.17) is 5.73 Å². The summed E-state index contributed by atoms with van der Waals surface area (Å²) in [5.41, 5.74) is 8.86. The van der Waals surface area contributed by atoms with Crippen molar-refractivity contribution in [1.29, 1.82) is 0 Å². The maximum Gasteiger partial charge on any atom is 0.321 e. The topological polar surface area (TPSA) is 58.4 Å². The first kappa shape index (κ1) is 14.5. The van der Waals surface area contributed by atoms with Crippen molar-refractivity contribution < 1.29 is 4.79 Å². The molecule has 1 aromatic rings. The molecule has 1 rings (SSSR count). The second-order valence-electron chi connectivity index (χ2n) is 4.70. The number of hydrogen-bond donors (Lipinski definition) is 2. The molecule has 0 saturated heterocycles. The van der Waals surface area contributed by atoms with Crippen molar-refractivity contribution in [2.75, 3.05) is 25.5 Å². The second kappa shape index (κ2) is 6.40. The predicted molar refractivity (Wildman–Crippen MR) is 76.1 cm³/mol. The Bertz CT molecular complexity index is 416. The third kappa shape index (κ3) is 3.23. The molecule has 0 saturated carbocycles. The number of carbonyl (C=O) groups is 1. The number of hydrogen-bond acceptors (Lipinski definition) is 2. The summed E-state index contributed by atoms with van der Waals surface area (Å²) in [6.07, 6.45) is 0.826. The lowest BCUT2D eigenvalue weighted by Crippen LogP contribution is -2.35. The van der Waals surface area contributed by atoms with Crippen molar-refractivity contribution in [1.82, 2.24) is 5.32 Å². The highest BCUT2D eigenvalue weighted by atomic mass is 16.2. The fraction of sp³-hybridized carbons (Fsp3) is 0.500. The van der Waals surface area contributed by atoms with Gasteiger partial charge in [-0.05, 0) is 36.1 Å². The Hall–Kier alpha value is -1.55. The van der Waals surface area contributed by atoms with E-state index < -0.39 is 0 Å². The van der Waals surface area contributed by atoms with E-state index in [-0.39, 0.29) is 6.03 Å². The molecule has 0 unspecified atom stereocenters. The highest BCUT2D eigenvalue weighted by Crippen LogP contribution is 2.28. The van der Waals surface area contributed by atoms with Crippen LogP contribution in [0.3, 0.4) is 0 Å². The zero-order valence-corrected chi connectivity index (χ0v) is 11.7. The molecule has 1 aromatic carbocycles. The van der Waals surface area contributed by atoms with E-state index in [0.717, 1.165) is 17.7 Å². The number of rotatable bonds is 4. The molecule has 4 nitrogen and oxygen atoms in total. The van der Waals surface area contributed by atoms with Crippen LogP contribution in [0.2, 0.25) is 0 Å². The van der Waals surface area contributed by atoms with E-state index in [1.54, 1.807) is 19.0 Å². The van der Waals surface area contributed by atoms with Crippen molar-refractivity contribution in [2.24, 2.45) is 5.73 Å². The van der Waals surface area contributed by atoms with Gasteiger partial charge in [0.05, 0.1) is 0 Å². The fourth-order valence-corrected chi connectivity index (χ4v) is 1.97. The Morgan fingerprint density at radius 2 is 2.11 bits per heavy atom. The molecule has 2 amide bonds. The Balaban J connectivity index is 3.18. The number of benzene rings is 1. The van der Waals surface area contributed by atoms with Gasteiger partial charge < -0.3 is 11.1 Å². The van der Waals surface area contributed by atoms with Gasteiger partial charge in [-0.2, -0.15) is 0 Å². The van der Waals surface area contributed by atoms with Gasteiger partial charge in [-0.1, -0.05) is 26.0 Å². The van der Waals surface area contributed by atoms with Crippen molar-refractivity contribution in [2.45, 2.75) is 26.2 Å². The van der Waals surface area contributed by atoms with Gasteiger partial charge in [0, 0.05) is 19.8 Å². The number of anilines is 1. The molecule has 0 radical (unpaired) electrons. The molecule has 18 heavy (non-hydrogen) atoms. The minimum Gasteiger partial charge on any atom is -0.341 e. The minimum atomic E-state index is -0.109. The second-order valence-corrected chi connectivity index (χ2v) is 4.70. The predicted octanol–water partition coefficient (Wildman–Crippen LogP) is 2.09. The SMILES string of the molecule is CNC(=O)N(C)c1cc(CCN)ccc1C(C)C. The largest absolute Gasteiger partial charge is 0.341 e. The molecule has 3 N–H and O–H groups in total. The summed E-state index contributed by atoms with van der Waals surface area (Å²) in [6, 6.07) is 6.12. The highest BCUT2D eigenvalue weighted by Gasteiger charge is 2.15. The number of carbonyl (C=O) groups excluding carboxylic acids is 1. The Morgan fingerprint density at radius 1 is 1.44 bits per heavy atom. The number of nitrogens with two attached hydrogens (primary N) is 1. The van der Waals surface area contributed by atoms with Crippen LogP contribution < -0.4 is 16.0 Å². The lowest BCUT2D eigenvalue weighted by atomic mass is 9.97. The summed E-state index contributed by atoms with van der Waals surface area (Å²) in [5.74, 6) is 0.374. The molecule has 0 aliphatic carbocycles. The summed E-state index contributed by atoms with van der Waals surface area (Å²) in [5, 5.41) is 2.64. The summed E-state index contributed by atoms with van der Waals surface area (Å²) >= 11 is 0. The first-order valence-corrected chi connectivity index (χ1v) is 6.29. The number of nitrogens with one attached hydrogen (secondary N) is 1. The third-order valence-corrected chi connectivity index (χ3v) is 3.03. The molecule has 0 aliphatic heterocycles. The number of nitrogens with zero attached hydrogens (tertiary/aromatic N) is 1. The molecule has 4 heteroatoms. The normalized spacial score (nSPS) is 10.6. The van der Waals surface area contributed by atoms with E-state index >= 15 is 0 Å². The molecular weight excluding hydrogens is 226 g/mol. The van der Waals surface area contributed by atoms with Gasteiger partial charge in [0.15, 0.2) is 0 Å². The first-order valence-electron chi connectivity index (χ1n) is 6.29. The summed E-state index contributed by atoms with van der Waals surface area (Å²) in [6.45, 7) is 4.86. The standard InChI is InChI=1S/C14H23N3O/c1-10(2)12-6-5-11(7-8-15)9-13(12)17(4)14(18)16-3/h5-6,9-10H,7-8,15H2,1-4H3,(H,16,18). The van der Waals surface area contributed by atoms with Gasteiger partial charge in [-0.3, -0.25) is 4.90 Å². The number of amides is 2. The van der Waals surface area contributed by atoms with E-state index in [1.165, 1.54) is 5.56 Å². The summed E-state index contributed by atoms with van der Waals surface area (Å²) in [7, 11) is 3.42. The van der Waals surface area contributed by atoms with E-state index in [9.17, 15) is 4.79 Å². The van der Waals surface area contributed by atoms with Crippen molar-refractivity contribution in [3.63, 3.8) is 0 Å². The third-order valence-electron chi connectivity index (χ3n) is 3.03. The Kier molecular flexibility index (Phi) is 5.16. The van der Waals surface area contributed by atoms with Crippen LogP contribution in [0.5, 0.6) is 0 Å². The van der Waals surface area contributed by atoms with Gasteiger partial charge >= 0.3 is 6.03 Å². The van der Waals surface area contributed by atoms with Crippen LogP contribution >= 0.6 is 0 Å². The van der Waals surface area contributed by atoms with Gasteiger partial charge in [-0.15, -0.1) is 0 Å². The van der Waals surface area contributed by atoms with Crippen LogP contribution in [0, 0.1) is 0 Å². The number of urea groups is 1. The lowest BCUT2D eigenvalue weighted by molar-refractivity contribution is 0.249. The molecule has 0 fully saturated rings. The minimum absolute atomic E-state index is 0.109. The van der Waals surface area contributed by atoms with E-state index in [0.29, 0.717) is 12.5 Å². The molecule has 0 spiro atoms. The van der Waals surface area contributed by atoms with Crippen LogP contribution in [0.15, 0.2) is 18.2 Å². The highest BCUT2D eigenvalue weighted by molar-refractivity contribution is 5.92. The molecule has 0 bridgehead atoms. The molecule has 100 valence electrons. The van der Waals surface area contributed by atoms with Crippen LogP contribution in [0.4, 0.5) is 10.5 Å². The average molecular weight is 249 g/mol. The van der Waals surface area contributed by atoms with Crippen LogP contribution in [0.1, 0.15) is 30.9 Å². The lowest BCUT2D eigenvalue weighted by Gasteiger charge is -2.23. The average Bonchev–Trinajstić information content (AvgIpc) is 2.37. The van der Waals surface area contributed by atoms with E-state index in [2.05, 4.69) is 37.4 Å². The quantitative estimate of drug-likeness (QED) is 0.858. The molecule has 0 aliphatic rings. The smallest absolute Gasteiger partial charge is 0.321 e. The summed E-state index contributed by atoms with van der Waals surface area (Å²) in [4.78, 5) is 13.4. The van der Waals surface area contributed by atoms with E-state index in [1.807, 2.05) is 0 Å². The molecule has 0 heterocycles. The zero-order valence-electron chi connectivity index (χ0n) is 11.7. The van der Waals surface area contributed by atoms with Gasteiger partial charge in [0.25, 0.3) is 0 Å². The molecule has 0 atom stereocenters. The monoisotopic (exact) mass is 249 g/mol. The summed E-state index contributed by atoms with van der Waals surface area (Å²) < 4.78 is 0. The Labute approximate surface area is 109 Å². The van der Waals surface area contributed by atoms with Crippen LogP contribution in [0.25, 0.3) is 0 Å². The van der Waals surface area contributed by atoms with Gasteiger partial charge in [-0.25, -0.2) is 4.79 Å². The van der Waals surface area contributed by atoms with Gasteiger partial charge in [0.2, 0.25) is 0 Å². The van der Waals surface area contributed by atoms with Crippen molar-refractivity contribution in [3.8, 4) is 0 Å². The van der Waals surface area contributed by atoms with Crippen molar-refractivity contribution in [3.05, 3.63) is 29.3 Å². The van der Waals surface area contributed by atoms with Crippen molar-refractivity contribution >= 4 is 11.7 Å². The van der Waals surface area contributed by atoms with Crippen LogP contribution in [-0.2, 0) is 6.42 Å². The first-order chi connectivity index (χ1) is 8.51. The maximum absolute atomic E-state index is 11.7. The maximum atomic E-state index is 11.7. The zero-order chi connectivity index (χ0) is 13.7. The molecular formula is C14H23N3O. The molecule has 0 aromatic heterocycles. The fourth-order valence-electron chi connectivity index (χ4n) is 1.97. The van der Waals surface area contributed by atoms with Gasteiger partial charge in [0.1, 0.15) is 0 Å².